The number of ketones is 1. The van der Waals surface area contributed by atoms with Gasteiger partial charge in [-0.15, -0.1) is 11.3 Å². The number of carbonyl (C=O) groups is 1. The molecule has 1 aromatic heterocycles. The van der Waals surface area contributed by atoms with Gasteiger partial charge in [-0.25, -0.2) is 4.98 Å². The van der Waals surface area contributed by atoms with Gasteiger partial charge in [-0.1, -0.05) is 23.7 Å². The van der Waals surface area contributed by atoms with Crippen LogP contribution in [0.2, 0.25) is 5.02 Å². The smallest absolute Gasteiger partial charge is 0.180 e. The van der Waals surface area contributed by atoms with E-state index in [4.69, 9.17) is 17.3 Å². The fourth-order valence-corrected chi connectivity index (χ4v) is 2.09. The summed E-state index contributed by atoms with van der Waals surface area (Å²) in [6.07, 6.45) is 0.258. The van der Waals surface area contributed by atoms with Gasteiger partial charge in [0.1, 0.15) is 0 Å². The Morgan fingerprint density at radius 2 is 2.31 bits per heavy atom. The zero-order valence-electron chi connectivity index (χ0n) is 8.31. The number of rotatable bonds is 3. The number of halogens is 1. The van der Waals surface area contributed by atoms with Crippen molar-refractivity contribution in [1.82, 2.24) is 4.98 Å². The van der Waals surface area contributed by atoms with Gasteiger partial charge in [0.25, 0.3) is 0 Å². The van der Waals surface area contributed by atoms with Crippen LogP contribution in [0.5, 0.6) is 0 Å². The SMILES string of the molecule is Nc1nc(CC(=O)c2cccc(Cl)c2)cs1. The number of nitrogens with two attached hydrogens (primary N) is 1. The van der Waals surface area contributed by atoms with Crippen molar-refractivity contribution in [3.05, 3.63) is 45.9 Å². The summed E-state index contributed by atoms with van der Waals surface area (Å²) in [7, 11) is 0. The average molecular weight is 253 g/mol. The Morgan fingerprint density at radius 1 is 1.50 bits per heavy atom. The number of aromatic nitrogens is 1. The molecular weight excluding hydrogens is 244 g/mol. The maximum Gasteiger partial charge on any atom is 0.180 e. The van der Waals surface area contributed by atoms with Crippen molar-refractivity contribution in [2.45, 2.75) is 6.42 Å². The van der Waals surface area contributed by atoms with E-state index in [1.165, 1.54) is 11.3 Å². The molecule has 2 N–H and O–H groups in total. The molecule has 2 rings (SSSR count). The third-order valence-electron chi connectivity index (χ3n) is 2.06. The van der Waals surface area contributed by atoms with Crippen molar-refractivity contribution in [2.24, 2.45) is 0 Å². The van der Waals surface area contributed by atoms with Crippen molar-refractivity contribution in [2.75, 3.05) is 5.73 Å². The van der Waals surface area contributed by atoms with Crippen molar-refractivity contribution >= 4 is 33.9 Å². The molecule has 5 heteroatoms. The van der Waals surface area contributed by atoms with Crippen LogP contribution in [0.4, 0.5) is 5.13 Å². The van der Waals surface area contributed by atoms with Crippen LogP contribution in [0.15, 0.2) is 29.6 Å². The first-order chi connectivity index (χ1) is 7.65. The first kappa shape index (κ1) is 11.1. The van der Waals surface area contributed by atoms with Crippen LogP contribution in [0.3, 0.4) is 0 Å². The first-order valence-electron chi connectivity index (χ1n) is 4.64. The number of Topliss-reactive ketones (excluding diaryl/α,β-unsaturated/α-hetero) is 1. The average Bonchev–Trinajstić information content (AvgIpc) is 2.64. The minimum atomic E-state index is -0.00667. The molecular formula is C11H9ClN2OS. The number of anilines is 1. The summed E-state index contributed by atoms with van der Waals surface area (Å²) in [6.45, 7) is 0. The molecule has 3 nitrogen and oxygen atoms in total. The lowest BCUT2D eigenvalue weighted by atomic mass is 10.1. The Bertz CT molecular complexity index is 524. The maximum absolute atomic E-state index is 11.8. The molecule has 0 unspecified atom stereocenters. The predicted molar refractivity (Wildman–Crippen MR) is 66.0 cm³/mol. The summed E-state index contributed by atoms with van der Waals surface area (Å²) < 4.78 is 0. The highest BCUT2D eigenvalue weighted by molar-refractivity contribution is 7.13. The van der Waals surface area contributed by atoms with E-state index in [0.29, 0.717) is 21.4 Å². The lowest BCUT2D eigenvalue weighted by molar-refractivity contribution is 0.0992. The monoisotopic (exact) mass is 252 g/mol. The molecule has 0 aliphatic rings. The Morgan fingerprint density at radius 3 is 2.94 bits per heavy atom. The molecule has 0 amide bonds. The van der Waals surface area contributed by atoms with Gasteiger partial charge in [-0.05, 0) is 12.1 Å². The van der Waals surface area contributed by atoms with Crippen LogP contribution in [-0.4, -0.2) is 10.8 Å². The standard InChI is InChI=1S/C11H9ClN2OS/c12-8-3-1-2-7(4-8)10(15)5-9-6-16-11(13)14-9/h1-4,6H,5H2,(H2,13,14). The molecule has 82 valence electrons. The van der Waals surface area contributed by atoms with Crippen molar-refractivity contribution in [1.29, 1.82) is 0 Å². The third-order valence-corrected chi connectivity index (χ3v) is 3.02. The van der Waals surface area contributed by atoms with E-state index in [1.807, 2.05) is 0 Å². The Hall–Kier alpha value is -1.39. The number of hydrogen-bond donors (Lipinski definition) is 1. The van der Waals surface area contributed by atoms with Gasteiger partial charge in [-0.2, -0.15) is 0 Å². The number of benzene rings is 1. The molecule has 0 bridgehead atoms. The number of nitrogens with zero attached hydrogens (tertiary/aromatic N) is 1. The Labute approximate surface area is 102 Å². The molecule has 0 fully saturated rings. The Balaban J connectivity index is 2.14. The van der Waals surface area contributed by atoms with Gasteiger partial charge in [0, 0.05) is 16.0 Å². The molecule has 16 heavy (non-hydrogen) atoms. The second-order valence-electron chi connectivity index (χ2n) is 3.29. The molecule has 0 atom stereocenters. The molecule has 0 aliphatic carbocycles. The third kappa shape index (κ3) is 2.59. The van der Waals surface area contributed by atoms with Gasteiger partial charge in [0.05, 0.1) is 12.1 Å². The zero-order chi connectivity index (χ0) is 11.5. The quantitative estimate of drug-likeness (QED) is 0.855. The summed E-state index contributed by atoms with van der Waals surface area (Å²) in [4.78, 5) is 15.9. The molecule has 0 aliphatic heterocycles. The van der Waals surface area contributed by atoms with Crippen molar-refractivity contribution in [3.63, 3.8) is 0 Å². The van der Waals surface area contributed by atoms with Crippen LogP contribution in [0, 0.1) is 0 Å². The molecule has 1 aromatic carbocycles. The highest BCUT2D eigenvalue weighted by Crippen LogP contribution is 2.15. The van der Waals surface area contributed by atoms with Gasteiger partial charge >= 0.3 is 0 Å². The number of thiazole rings is 1. The minimum Gasteiger partial charge on any atom is -0.375 e. The van der Waals surface area contributed by atoms with Crippen molar-refractivity contribution < 1.29 is 4.79 Å². The van der Waals surface area contributed by atoms with Crippen LogP contribution >= 0.6 is 22.9 Å². The second-order valence-corrected chi connectivity index (χ2v) is 4.61. The maximum atomic E-state index is 11.8. The van der Waals surface area contributed by atoms with E-state index in [2.05, 4.69) is 4.98 Å². The fraction of sp³-hybridized carbons (Fsp3) is 0.0909. The summed E-state index contributed by atoms with van der Waals surface area (Å²) in [5.41, 5.74) is 6.79. The fourth-order valence-electron chi connectivity index (χ4n) is 1.33. The van der Waals surface area contributed by atoms with Crippen LogP contribution in [0.1, 0.15) is 16.1 Å². The molecule has 0 radical (unpaired) electrons. The number of carbonyl (C=O) groups excluding carboxylic acids is 1. The lowest BCUT2D eigenvalue weighted by Gasteiger charge is -1.99. The van der Waals surface area contributed by atoms with E-state index < -0.39 is 0 Å². The second kappa shape index (κ2) is 4.63. The van der Waals surface area contributed by atoms with E-state index in [-0.39, 0.29) is 12.2 Å². The zero-order valence-corrected chi connectivity index (χ0v) is 9.89. The molecule has 0 saturated carbocycles. The largest absolute Gasteiger partial charge is 0.375 e. The van der Waals surface area contributed by atoms with Gasteiger partial charge < -0.3 is 5.73 Å². The van der Waals surface area contributed by atoms with Crippen LogP contribution in [-0.2, 0) is 6.42 Å². The lowest BCUT2D eigenvalue weighted by Crippen LogP contribution is -2.03. The van der Waals surface area contributed by atoms with Crippen LogP contribution < -0.4 is 5.73 Å². The highest BCUT2D eigenvalue weighted by atomic mass is 35.5. The number of hydrogen-bond acceptors (Lipinski definition) is 4. The van der Waals surface area contributed by atoms with E-state index >= 15 is 0 Å². The number of nitrogen functional groups attached to an aromatic ring is 1. The topological polar surface area (TPSA) is 56.0 Å². The molecule has 1 heterocycles. The van der Waals surface area contributed by atoms with E-state index in [9.17, 15) is 4.79 Å². The van der Waals surface area contributed by atoms with E-state index in [1.54, 1.807) is 29.6 Å². The van der Waals surface area contributed by atoms with Gasteiger partial charge in [0.15, 0.2) is 10.9 Å². The predicted octanol–water partition coefficient (Wildman–Crippen LogP) is 2.80. The molecule has 2 aromatic rings. The van der Waals surface area contributed by atoms with Gasteiger partial charge in [0.2, 0.25) is 0 Å². The highest BCUT2D eigenvalue weighted by Gasteiger charge is 2.09. The molecule has 0 saturated heterocycles. The summed E-state index contributed by atoms with van der Waals surface area (Å²) in [5.74, 6) is -0.00667. The summed E-state index contributed by atoms with van der Waals surface area (Å²) in [6, 6.07) is 6.88. The van der Waals surface area contributed by atoms with Crippen LogP contribution in [0.25, 0.3) is 0 Å². The summed E-state index contributed by atoms with van der Waals surface area (Å²) >= 11 is 7.14. The summed E-state index contributed by atoms with van der Waals surface area (Å²) in [5, 5.41) is 2.83. The Kier molecular flexibility index (Phi) is 3.22. The van der Waals surface area contributed by atoms with Crippen molar-refractivity contribution in [3.8, 4) is 0 Å². The van der Waals surface area contributed by atoms with Gasteiger partial charge in [-0.3, -0.25) is 4.79 Å². The first-order valence-corrected chi connectivity index (χ1v) is 5.89. The molecule has 0 spiro atoms. The normalized spacial score (nSPS) is 10.3. The minimum absolute atomic E-state index is 0.00667. The van der Waals surface area contributed by atoms with E-state index in [0.717, 1.165) is 0 Å².